The van der Waals surface area contributed by atoms with Gasteiger partial charge < -0.3 is 29.7 Å². The van der Waals surface area contributed by atoms with Crippen LogP contribution in [0.4, 0.5) is 30.6 Å². The summed E-state index contributed by atoms with van der Waals surface area (Å²) in [4.78, 5) is 22.3. The SMILES string of the molecule is CNc1nc(Nc2cc(OC)c(C(=O)N3CCOCC3)c(OC)c2Cl)ncc1C(F)(F)F. The molecule has 0 bridgehead atoms. The Labute approximate surface area is 186 Å². The van der Waals surface area contributed by atoms with Crippen molar-refractivity contribution in [2.75, 3.05) is 58.2 Å². The summed E-state index contributed by atoms with van der Waals surface area (Å²) >= 11 is 6.46. The maximum absolute atomic E-state index is 13.1. The van der Waals surface area contributed by atoms with E-state index in [0.29, 0.717) is 32.5 Å². The van der Waals surface area contributed by atoms with Crippen LogP contribution in [0, 0.1) is 0 Å². The van der Waals surface area contributed by atoms with Gasteiger partial charge in [-0.25, -0.2) is 4.98 Å². The Balaban J connectivity index is 2.01. The predicted molar refractivity (Wildman–Crippen MR) is 111 cm³/mol. The Hall–Kier alpha value is -2.99. The van der Waals surface area contributed by atoms with E-state index in [-0.39, 0.29) is 39.6 Å². The van der Waals surface area contributed by atoms with Crippen molar-refractivity contribution in [2.24, 2.45) is 0 Å². The van der Waals surface area contributed by atoms with Crippen molar-refractivity contribution >= 4 is 35.0 Å². The van der Waals surface area contributed by atoms with E-state index in [4.69, 9.17) is 25.8 Å². The van der Waals surface area contributed by atoms with Crippen LogP contribution in [0.3, 0.4) is 0 Å². The third-order valence-corrected chi connectivity index (χ3v) is 5.07. The maximum Gasteiger partial charge on any atom is 0.421 e. The highest BCUT2D eigenvalue weighted by molar-refractivity contribution is 6.35. The minimum Gasteiger partial charge on any atom is -0.496 e. The number of amides is 1. The number of benzene rings is 1. The third-order valence-electron chi connectivity index (χ3n) is 4.70. The molecule has 1 amide bonds. The van der Waals surface area contributed by atoms with Crippen molar-refractivity contribution in [3.8, 4) is 11.5 Å². The van der Waals surface area contributed by atoms with Crippen LogP contribution in [0.15, 0.2) is 12.3 Å². The number of ether oxygens (including phenoxy) is 3. The molecule has 3 rings (SSSR count). The number of hydrogen-bond donors (Lipinski definition) is 2. The molecule has 1 aliphatic rings. The Morgan fingerprint density at radius 3 is 2.50 bits per heavy atom. The summed E-state index contributed by atoms with van der Waals surface area (Å²) in [6.07, 6.45) is -3.97. The summed E-state index contributed by atoms with van der Waals surface area (Å²) in [6.45, 7) is 1.61. The molecule has 1 fully saturated rings. The van der Waals surface area contributed by atoms with Crippen LogP contribution in [0.1, 0.15) is 15.9 Å². The molecule has 174 valence electrons. The van der Waals surface area contributed by atoms with Gasteiger partial charge >= 0.3 is 6.18 Å². The number of halogens is 4. The number of nitrogens with zero attached hydrogens (tertiary/aromatic N) is 3. The molecule has 32 heavy (non-hydrogen) atoms. The average molecular weight is 476 g/mol. The van der Waals surface area contributed by atoms with Crippen LogP contribution in [0.2, 0.25) is 5.02 Å². The minimum absolute atomic E-state index is 0.0133. The molecule has 1 aliphatic heterocycles. The van der Waals surface area contributed by atoms with Crippen molar-refractivity contribution in [1.82, 2.24) is 14.9 Å². The molecule has 1 aromatic heterocycles. The van der Waals surface area contributed by atoms with Gasteiger partial charge in [0.2, 0.25) is 5.95 Å². The van der Waals surface area contributed by atoms with Gasteiger partial charge in [-0.15, -0.1) is 0 Å². The van der Waals surface area contributed by atoms with E-state index in [0.717, 1.165) is 0 Å². The van der Waals surface area contributed by atoms with E-state index >= 15 is 0 Å². The van der Waals surface area contributed by atoms with Crippen LogP contribution in [-0.2, 0) is 10.9 Å². The third kappa shape index (κ3) is 4.75. The molecule has 2 aromatic rings. The highest BCUT2D eigenvalue weighted by atomic mass is 35.5. The fourth-order valence-corrected chi connectivity index (χ4v) is 3.42. The second kappa shape index (κ2) is 9.65. The molecule has 1 aromatic carbocycles. The highest BCUT2D eigenvalue weighted by Gasteiger charge is 2.35. The maximum atomic E-state index is 13.1. The molecule has 0 spiro atoms. The van der Waals surface area contributed by atoms with Crippen LogP contribution in [-0.4, -0.2) is 68.3 Å². The van der Waals surface area contributed by atoms with Crippen molar-refractivity contribution in [1.29, 1.82) is 0 Å². The van der Waals surface area contributed by atoms with Crippen LogP contribution < -0.4 is 20.1 Å². The van der Waals surface area contributed by atoms with E-state index in [1.54, 1.807) is 4.90 Å². The van der Waals surface area contributed by atoms with Gasteiger partial charge in [-0.2, -0.15) is 18.2 Å². The van der Waals surface area contributed by atoms with Gasteiger partial charge in [0.1, 0.15) is 27.7 Å². The molecule has 13 heteroatoms. The molecule has 0 radical (unpaired) electrons. The zero-order chi connectivity index (χ0) is 23.5. The Kier molecular flexibility index (Phi) is 7.14. The van der Waals surface area contributed by atoms with Crippen LogP contribution in [0.25, 0.3) is 0 Å². The first-order valence-corrected chi connectivity index (χ1v) is 9.79. The molecule has 2 heterocycles. The molecule has 2 N–H and O–H groups in total. The Bertz CT molecular complexity index is 1000. The summed E-state index contributed by atoms with van der Waals surface area (Å²) < 4.78 is 55.3. The molecule has 0 saturated carbocycles. The first-order valence-electron chi connectivity index (χ1n) is 9.41. The van der Waals surface area contributed by atoms with Gasteiger partial charge in [0, 0.05) is 32.4 Å². The number of nitrogens with one attached hydrogen (secondary N) is 2. The lowest BCUT2D eigenvalue weighted by Gasteiger charge is -2.28. The second-order valence-corrected chi connectivity index (χ2v) is 6.96. The number of alkyl halides is 3. The van der Waals surface area contributed by atoms with Crippen molar-refractivity contribution in [3.63, 3.8) is 0 Å². The van der Waals surface area contributed by atoms with Crippen LogP contribution >= 0.6 is 11.6 Å². The van der Waals surface area contributed by atoms with E-state index in [1.165, 1.54) is 27.3 Å². The number of carbonyl (C=O) groups is 1. The number of aromatic nitrogens is 2. The Morgan fingerprint density at radius 1 is 1.25 bits per heavy atom. The first-order chi connectivity index (χ1) is 15.2. The summed E-state index contributed by atoms with van der Waals surface area (Å²) in [7, 11) is 4.02. The molecule has 0 unspecified atom stereocenters. The lowest BCUT2D eigenvalue weighted by atomic mass is 10.1. The number of carbonyl (C=O) groups excluding carboxylic acids is 1. The number of hydrogen-bond acceptors (Lipinski definition) is 8. The molecule has 0 atom stereocenters. The van der Waals surface area contributed by atoms with Crippen molar-refractivity contribution in [3.05, 3.63) is 28.4 Å². The fourth-order valence-electron chi connectivity index (χ4n) is 3.14. The zero-order valence-electron chi connectivity index (χ0n) is 17.5. The quantitative estimate of drug-likeness (QED) is 0.656. The van der Waals surface area contributed by atoms with E-state index in [1.807, 2.05) is 0 Å². The van der Waals surface area contributed by atoms with Crippen molar-refractivity contribution < 1.29 is 32.2 Å². The number of methoxy groups -OCH3 is 2. The standard InChI is InChI=1S/C19H21ClF3N5O4/c1-24-16-10(19(21,22)23)9-25-18(27-16)26-11-8-12(30-2)13(15(31-3)14(11)20)17(29)28-4-6-32-7-5-28/h8-9H,4-7H2,1-3H3,(H2,24,25,26,27). The van der Waals surface area contributed by atoms with Gasteiger partial charge in [-0.1, -0.05) is 11.6 Å². The summed E-state index contributed by atoms with van der Waals surface area (Å²) in [6, 6.07) is 1.43. The smallest absolute Gasteiger partial charge is 0.421 e. The first kappa shape index (κ1) is 23.7. The lowest BCUT2D eigenvalue weighted by molar-refractivity contribution is -0.137. The summed E-state index contributed by atoms with van der Waals surface area (Å²) in [5.74, 6) is -0.708. The topological polar surface area (TPSA) is 97.8 Å². The van der Waals surface area contributed by atoms with Gasteiger partial charge in [0.25, 0.3) is 5.91 Å². The van der Waals surface area contributed by atoms with E-state index in [2.05, 4.69) is 20.6 Å². The second-order valence-electron chi connectivity index (χ2n) is 6.58. The molecule has 1 saturated heterocycles. The summed E-state index contributed by atoms with van der Waals surface area (Å²) in [5.41, 5.74) is -0.712. The van der Waals surface area contributed by atoms with Crippen LogP contribution in [0.5, 0.6) is 11.5 Å². The molecular weight excluding hydrogens is 455 g/mol. The zero-order valence-corrected chi connectivity index (χ0v) is 18.2. The lowest BCUT2D eigenvalue weighted by Crippen LogP contribution is -2.41. The molecule has 0 aliphatic carbocycles. The largest absolute Gasteiger partial charge is 0.496 e. The highest BCUT2D eigenvalue weighted by Crippen LogP contribution is 2.43. The van der Waals surface area contributed by atoms with Crippen molar-refractivity contribution in [2.45, 2.75) is 6.18 Å². The normalized spacial score (nSPS) is 14.2. The molecule has 9 nitrogen and oxygen atoms in total. The Morgan fingerprint density at radius 2 is 1.94 bits per heavy atom. The monoisotopic (exact) mass is 475 g/mol. The minimum atomic E-state index is -4.62. The molecular formula is C19H21ClF3N5O4. The predicted octanol–water partition coefficient (Wildman–Crippen LogP) is 3.42. The van der Waals surface area contributed by atoms with Gasteiger partial charge in [-0.3, -0.25) is 4.79 Å². The fraction of sp³-hybridized carbons (Fsp3) is 0.421. The number of rotatable bonds is 6. The average Bonchev–Trinajstić information content (AvgIpc) is 2.79. The number of morpholine rings is 1. The van der Waals surface area contributed by atoms with E-state index in [9.17, 15) is 18.0 Å². The van der Waals surface area contributed by atoms with Gasteiger partial charge in [-0.05, 0) is 0 Å². The van der Waals surface area contributed by atoms with Gasteiger partial charge in [0.15, 0.2) is 5.75 Å². The van der Waals surface area contributed by atoms with Gasteiger partial charge in [0.05, 0.1) is 33.1 Å². The summed E-state index contributed by atoms with van der Waals surface area (Å²) in [5, 5.41) is 5.16. The number of anilines is 3. The van der Waals surface area contributed by atoms with E-state index < -0.39 is 17.6 Å².